The molecule has 0 radical (unpaired) electrons. The Morgan fingerprint density at radius 2 is 0.949 bits per heavy atom. The molecule has 0 saturated carbocycles. The molecule has 2 aromatic rings. The summed E-state index contributed by atoms with van der Waals surface area (Å²) in [7, 11) is -3.89. The van der Waals surface area contributed by atoms with Crippen LogP contribution in [0, 0.1) is 0 Å². The van der Waals surface area contributed by atoms with Crippen molar-refractivity contribution in [2.45, 2.75) is 73.7 Å². The van der Waals surface area contributed by atoms with E-state index >= 15 is 0 Å². The molecule has 39 heavy (non-hydrogen) atoms. The van der Waals surface area contributed by atoms with Gasteiger partial charge in [0.1, 0.15) is 36.9 Å². The number of ether oxygens (including phenoxy) is 4. The Morgan fingerprint density at radius 1 is 0.667 bits per heavy atom. The molecule has 0 spiro atoms. The van der Waals surface area contributed by atoms with Crippen molar-refractivity contribution < 1.29 is 27.4 Å². The molecule has 208 valence electrons. The number of benzene rings is 2. The normalized spacial score (nSPS) is 21.6. The summed E-state index contributed by atoms with van der Waals surface area (Å²) in [5.74, 6) is 1.33. The van der Waals surface area contributed by atoms with E-state index in [2.05, 4.69) is 26.3 Å². The van der Waals surface area contributed by atoms with E-state index in [9.17, 15) is 8.42 Å². The van der Waals surface area contributed by atoms with E-state index < -0.39 is 9.84 Å². The molecule has 0 amide bonds. The maximum Gasteiger partial charge on any atom is 0.206 e. The summed E-state index contributed by atoms with van der Waals surface area (Å²) in [4.78, 5) is 0.394. The van der Waals surface area contributed by atoms with Crippen molar-refractivity contribution >= 4 is 9.84 Å². The molecule has 2 saturated heterocycles. The van der Waals surface area contributed by atoms with Gasteiger partial charge in [-0.05, 0) is 86.1 Å². The predicted molar refractivity (Wildman–Crippen MR) is 154 cm³/mol. The van der Waals surface area contributed by atoms with Crippen LogP contribution in [0.4, 0.5) is 0 Å². The van der Waals surface area contributed by atoms with Crippen LogP contribution in [-0.2, 0) is 45.0 Å². The van der Waals surface area contributed by atoms with Crippen molar-refractivity contribution in [2.24, 2.45) is 0 Å². The topological polar surface area (TPSA) is 77.7 Å². The first-order valence-corrected chi connectivity index (χ1v) is 14.8. The fraction of sp³-hybridized carbons (Fsp3) is 0.375. The van der Waals surface area contributed by atoms with E-state index in [1.165, 1.54) is 0 Å². The SMILES string of the molecule is C=CCc1cc(S(=O)(=O)c2cc(CC=C)c(OCC3OC3C)c(CC=C)c2)cc(CC=C)c1OCC1OC1C. The number of rotatable bonds is 16. The summed E-state index contributed by atoms with van der Waals surface area (Å²) in [6.07, 6.45) is 9.23. The van der Waals surface area contributed by atoms with Crippen molar-refractivity contribution in [3.8, 4) is 11.5 Å². The first-order chi connectivity index (χ1) is 18.7. The summed E-state index contributed by atoms with van der Waals surface area (Å²) in [5, 5.41) is 0. The lowest BCUT2D eigenvalue weighted by molar-refractivity contribution is 0.257. The molecule has 2 fully saturated rings. The second-order valence-electron chi connectivity index (χ2n) is 10.00. The lowest BCUT2D eigenvalue weighted by atomic mass is 10.0. The van der Waals surface area contributed by atoms with Crippen LogP contribution in [-0.4, -0.2) is 46.0 Å². The van der Waals surface area contributed by atoms with Crippen LogP contribution >= 0.6 is 0 Å². The summed E-state index contributed by atoms with van der Waals surface area (Å²) in [6, 6.07) is 6.75. The molecular weight excluding hydrogens is 512 g/mol. The highest BCUT2D eigenvalue weighted by Gasteiger charge is 2.36. The van der Waals surface area contributed by atoms with Gasteiger partial charge >= 0.3 is 0 Å². The zero-order chi connectivity index (χ0) is 28.2. The van der Waals surface area contributed by atoms with Crippen LogP contribution in [0.2, 0.25) is 0 Å². The molecule has 4 atom stereocenters. The zero-order valence-corrected chi connectivity index (χ0v) is 23.7. The quantitative estimate of drug-likeness (QED) is 0.195. The van der Waals surface area contributed by atoms with Crippen LogP contribution in [0.25, 0.3) is 0 Å². The molecule has 0 aliphatic carbocycles. The monoisotopic (exact) mass is 550 g/mol. The average Bonchev–Trinajstić information content (AvgIpc) is 3.80. The Morgan fingerprint density at radius 3 is 1.18 bits per heavy atom. The Hall–Kier alpha value is -3.13. The van der Waals surface area contributed by atoms with Crippen molar-refractivity contribution in [3.63, 3.8) is 0 Å². The minimum Gasteiger partial charge on any atom is -0.490 e. The molecule has 6 nitrogen and oxygen atoms in total. The summed E-state index contributed by atoms with van der Waals surface area (Å²) in [5.41, 5.74) is 3.03. The smallest absolute Gasteiger partial charge is 0.206 e. The van der Waals surface area contributed by atoms with Gasteiger partial charge in [0.15, 0.2) is 0 Å². The number of allylic oxidation sites excluding steroid dienone is 4. The number of hydrogen-bond acceptors (Lipinski definition) is 6. The first-order valence-electron chi connectivity index (χ1n) is 13.3. The number of epoxide rings is 2. The Labute approximate surface area is 232 Å². The Balaban J connectivity index is 1.76. The van der Waals surface area contributed by atoms with Gasteiger partial charge in [-0.15, -0.1) is 26.3 Å². The van der Waals surface area contributed by atoms with Gasteiger partial charge in [0.2, 0.25) is 9.84 Å². The summed E-state index contributed by atoms with van der Waals surface area (Å²) < 4.78 is 51.5. The van der Waals surface area contributed by atoms with Crippen molar-refractivity contribution in [3.05, 3.63) is 97.1 Å². The van der Waals surface area contributed by atoms with E-state index in [0.717, 1.165) is 22.3 Å². The summed E-state index contributed by atoms with van der Waals surface area (Å²) in [6.45, 7) is 20.3. The molecular formula is C32H38O6S. The molecule has 0 aromatic heterocycles. The minimum atomic E-state index is -3.89. The fourth-order valence-corrected chi connectivity index (χ4v) is 6.09. The third-order valence-electron chi connectivity index (χ3n) is 6.97. The van der Waals surface area contributed by atoms with Gasteiger partial charge in [-0.2, -0.15) is 0 Å². The standard InChI is InChI=1S/C32H38O6S/c1-7-11-23-15-27(16-24(12-8-2)31(23)35-19-29-21(5)37-29)39(33,34)28-17-25(13-9-3)32(26(18-28)14-10-4)36-20-30-22(6)38-30/h7-10,15-18,21-22,29-30H,1-4,11-14,19-20H2,5-6H3. The van der Waals surface area contributed by atoms with Crippen LogP contribution in [0.15, 0.2) is 84.7 Å². The molecule has 0 bridgehead atoms. The second-order valence-corrected chi connectivity index (χ2v) is 11.9. The molecule has 2 heterocycles. The van der Waals surface area contributed by atoms with E-state index in [-0.39, 0.29) is 34.2 Å². The lowest BCUT2D eigenvalue weighted by Gasteiger charge is -2.19. The molecule has 2 aliphatic rings. The highest BCUT2D eigenvalue weighted by molar-refractivity contribution is 7.91. The molecule has 0 N–H and O–H groups in total. The zero-order valence-electron chi connectivity index (χ0n) is 22.9. The van der Waals surface area contributed by atoms with Crippen LogP contribution in [0.1, 0.15) is 36.1 Å². The van der Waals surface area contributed by atoms with Gasteiger partial charge in [0.25, 0.3) is 0 Å². The average molecular weight is 551 g/mol. The van der Waals surface area contributed by atoms with Crippen LogP contribution in [0.3, 0.4) is 0 Å². The molecule has 4 rings (SSSR count). The lowest BCUT2D eigenvalue weighted by Crippen LogP contribution is -2.13. The van der Waals surface area contributed by atoms with Gasteiger partial charge in [-0.3, -0.25) is 0 Å². The largest absolute Gasteiger partial charge is 0.490 e. The molecule has 2 aromatic carbocycles. The number of sulfone groups is 1. The third-order valence-corrected chi connectivity index (χ3v) is 8.68. The third kappa shape index (κ3) is 6.72. The predicted octanol–water partition coefficient (Wildman–Crippen LogP) is 5.77. The van der Waals surface area contributed by atoms with E-state index in [0.29, 0.717) is 50.4 Å². The van der Waals surface area contributed by atoms with Gasteiger partial charge in [0.05, 0.1) is 22.0 Å². The second kappa shape index (κ2) is 12.4. The van der Waals surface area contributed by atoms with E-state index in [1.54, 1.807) is 48.6 Å². The van der Waals surface area contributed by atoms with Gasteiger partial charge in [0, 0.05) is 0 Å². The van der Waals surface area contributed by atoms with Crippen LogP contribution in [0.5, 0.6) is 11.5 Å². The molecule has 7 heteroatoms. The summed E-state index contributed by atoms with van der Waals surface area (Å²) >= 11 is 0. The van der Waals surface area contributed by atoms with Crippen molar-refractivity contribution in [1.82, 2.24) is 0 Å². The van der Waals surface area contributed by atoms with Crippen molar-refractivity contribution in [1.29, 1.82) is 0 Å². The van der Waals surface area contributed by atoms with Crippen LogP contribution < -0.4 is 9.47 Å². The Bertz CT molecular complexity index is 1200. The maximum absolute atomic E-state index is 14.1. The van der Waals surface area contributed by atoms with Gasteiger partial charge in [-0.25, -0.2) is 8.42 Å². The fourth-order valence-electron chi connectivity index (χ4n) is 4.63. The highest BCUT2D eigenvalue weighted by Crippen LogP contribution is 2.37. The van der Waals surface area contributed by atoms with E-state index in [4.69, 9.17) is 18.9 Å². The Kier molecular flexibility index (Phi) is 9.15. The minimum absolute atomic E-state index is 0.0450. The number of hydrogen-bond donors (Lipinski definition) is 0. The highest BCUT2D eigenvalue weighted by atomic mass is 32.2. The van der Waals surface area contributed by atoms with Gasteiger partial charge < -0.3 is 18.9 Å². The van der Waals surface area contributed by atoms with E-state index in [1.807, 2.05) is 13.8 Å². The molecule has 4 unspecified atom stereocenters. The van der Waals surface area contributed by atoms with Gasteiger partial charge in [-0.1, -0.05) is 24.3 Å². The first kappa shape index (κ1) is 28.9. The maximum atomic E-state index is 14.1. The molecule has 2 aliphatic heterocycles. The van der Waals surface area contributed by atoms with Crippen molar-refractivity contribution in [2.75, 3.05) is 13.2 Å².